The van der Waals surface area contributed by atoms with E-state index in [1.165, 1.54) is 0 Å². The third-order valence-electron chi connectivity index (χ3n) is 12.2. The van der Waals surface area contributed by atoms with Gasteiger partial charge in [-0.15, -0.1) is 0 Å². The van der Waals surface area contributed by atoms with Crippen LogP contribution in [-0.4, -0.2) is 77.6 Å². The van der Waals surface area contributed by atoms with Gasteiger partial charge >= 0.3 is 11.9 Å². The topological polar surface area (TPSA) is 184 Å². The van der Waals surface area contributed by atoms with Gasteiger partial charge in [0.25, 0.3) is 0 Å². The van der Waals surface area contributed by atoms with Crippen molar-refractivity contribution in [3.05, 3.63) is 95.9 Å². The molecule has 7 rings (SSSR count). The zero-order chi connectivity index (χ0) is 38.7. The van der Waals surface area contributed by atoms with Gasteiger partial charge in [0.05, 0.1) is 31.5 Å². The largest absolute Gasteiger partial charge is 0.465 e. The van der Waals surface area contributed by atoms with Crippen LogP contribution in [-0.2, 0) is 44.6 Å². The number of nitrogens with zero attached hydrogens (tertiary/aromatic N) is 1. The predicted octanol–water partition coefficient (Wildman–Crippen LogP) is 4.53. The quantitative estimate of drug-likeness (QED) is 0.209. The van der Waals surface area contributed by atoms with Crippen LogP contribution in [0.25, 0.3) is 10.8 Å². The fraction of sp³-hybridized carbons (Fsp3) is 0.442. The number of rotatable bonds is 13. The van der Waals surface area contributed by atoms with Gasteiger partial charge in [-0.05, 0) is 72.0 Å². The van der Waals surface area contributed by atoms with Crippen LogP contribution in [0.15, 0.2) is 84.7 Å². The summed E-state index contributed by atoms with van der Waals surface area (Å²) in [6, 6.07) is 14.9. The summed E-state index contributed by atoms with van der Waals surface area (Å²) < 4.78 is 16.8. The van der Waals surface area contributed by atoms with Crippen molar-refractivity contribution in [2.45, 2.75) is 69.5 Å². The lowest BCUT2D eigenvalue weighted by Crippen LogP contribution is -2.61. The minimum absolute atomic E-state index is 0.00739. The molecule has 1 aromatic heterocycles. The van der Waals surface area contributed by atoms with Crippen LogP contribution >= 0.6 is 0 Å². The van der Waals surface area contributed by atoms with Gasteiger partial charge in [-0.1, -0.05) is 48.9 Å². The van der Waals surface area contributed by atoms with Crippen molar-refractivity contribution in [2.75, 3.05) is 31.7 Å². The lowest BCUT2D eigenvalue weighted by molar-refractivity contribution is -0.177. The molecule has 55 heavy (non-hydrogen) atoms. The first-order valence-electron chi connectivity index (χ1n) is 19.0. The highest BCUT2D eigenvalue weighted by Crippen LogP contribution is 2.61. The maximum atomic E-state index is 13.7. The van der Waals surface area contributed by atoms with Crippen molar-refractivity contribution in [1.29, 1.82) is 0 Å². The summed E-state index contributed by atoms with van der Waals surface area (Å²) in [5, 5.41) is 16.4. The molecule has 2 aromatic carbocycles. The fourth-order valence-electron chi connectivity index (χ4n) is 9.41. The maximum absolute atomic E-state index is 13.7. The van der Waals surface area contributed by atoms with E-state index in [9.17, 15) is 29.1 Å². The van der Waals surface area contributed by atoms with Gasteiger partial charge in [0.1, 0.15) is 5.60 Å². The number of pyridine rings is 1. The minimum atomic E-state index is -1.24. The molecular weight excluding hydrogens is 702 g/mol. The van der Waals surface area contributed by atoms with E-state index in [4.69, 9.17) is 19.9 Å². The Morgan fingerprint density at radius 1 is 1.04 bits per heavy atom. The van der Waals surface area contributed by atoms with E-state index in [2.05, 4.69) is 17.2 Å². The molecule has 12 nitrogen and oxygen atoms in total. The van der Waals surface area contributed by atoms with Gasteiger partial charge in [-0.3, -0.25) is 29.0 Å². The average molecular weight is 750 g/mol. The Hall–Kier alpha value is -5.04. The number of allylic oxidation sites excluding steroid dienone is 4. The Bertz CT molecular complexity index is 2040. The molecule has 2 heterocycles. The maximum Gasteiger partial charge on any atom is 0.306 e. The summed E-state index contributed by atoms with van der Waals surface area (Å²) in [5.41, 5.74) is 7.63. The lowest BCUT2D eigenvalue weighted by atomic mass is 9.48. The molecule has 7 atom stereocenters. The number of amides is 1. The molecular formula is C43H47N3O9. The number of aliphatic hydroxyl groups excluding tert-OH is 1. The van der Waals surface area contributed by atoms with Crippen LogP contribution in [0.3, 0.4) is 0 Å². The standard InChI is InChI=1S/C43H47N3O9/c1-42-16-12-32(47)21-30(42)7-9-33-35-15-19-55-43(35,22-36(48)40(33)42)37(49)25-54-39(51)11-10-38(50)53-18-14-26-2-4-27(5-3-26)34(23-44)41(52)46-31-8-6-29-24-45-17-13-28(29)20-31/h2-6,8,12-13,16-17,20-21,24,33-36,40,48H,7,9-11,14-15,18-19,22-23,25,44H2,1H3,(H,46,52)/t33-,34?,35-,36-,40+,42-,43?/m0/s1. The first kappa shape index (κ1) is 38.2. The highest BCUT2D eigenvalue weighted by molar-refractivity contribution is 6.01. The molecule has 288 valence electrons. The molecule has 4 N–H and O–H groups in total. The normalized spacial score (nSPS) is 27.3. The molecule has 1 amide bonds. The molecule has 1 saturated heterocycles. The number of anilines is 1. The molecule has 3 aliphatic carbocycles. The number of nitrogens with two attached hydrogens (primary N) is 1. The third kappa shape index (κ3) is 7.76. The smallest absolute Gasteiger partial charge is 0.306 e. The van der Waals surface area contributed by atoms with Gasteiger partial charge in [0.2, 0.25) is 11.7 Å². The lowest BCUT2D eigenvalue weighted by Gasteiger charge is -2.57. The Morgan fingerprint density at radius 2 is 1.82 bits per heavy atom. The molecule has 3 aromatic rings. The Balaban J connectivity index is 0.841. The van der Waals surface area contributed by atoms with E-state index in [-0.39, 0.29) is 67.6 Å². The number of Topliss-reactive ketones (excluding diaryl/α,β-unsaturated/α-hetero) is 1. The number of ether oxygens (including phenoxy) is 3. The number of ketones is 2. The van der Waals surface area contributed by atoms with Crippen molar-refractivity contribution in [3.8, 4) is 0 Å². The molecule has 3 fully saturated rings. The molecule has 2 unspecified atom stereocenters. The monoisotopic (exact) mass is 749 g/mol. The summed E-state index contributed by atoms with van der Waals surface area (Å²) >= 11 is 0. The highest BCUT2D eigenvalue weighted by Gasteiger charge is 2.64. The number of hydrogen-bond donors (Lipinski definition) is 3. The van der Waals surface area contributed by atoms with E-state index in [0.29, 0.717) is 31.6 Å². The number of esters is 2. The SMILES string of the molecule is C[C@]12C=CC(=O)C=C1CC[C@@H]1[C@@H]2[C@@H](O)CC2(C(=O)COC(=O)CCC(=O)OCCc3ccc(C(CN)C(=O)Nc4ccc5cnccc5c4)cc3)OCC[C@@H]12. The molecule has 0 bridgehead atoms. The van der Waals surface area contributed by atoms with E-state index in [1.54, 1.807) is 24.5 Å². The average Bonchev–Trinajstić information content (AvgIpc) is 3.62. The number of nitrogens with one attached hydrogen (secondary N) is 1. The molecule has 0 radical (unpaired) electrons. The van der Waals surface area contributed by atoms with E-state index < -0.39 is 41.6 Å². The number of benzene rings is 2. The van der Waals surface area contributed by atoms with Crippen molar-refractivity contribution in [3.63, 3.8) is 0 Å². The number of fused-ring (bicyclic) bond motifs is 6. The summed E-state index contributed by atoms with van der Waals surface area (Å²) in [7, 11) is 0. The fourth-order valence-corrected chi connectivity index (χ4v) is 9.41. The number of aromatic nitrogens is 1. The van der Waals surface area contributed by atoms with Crippen LogP contribution in [0.5, 0.6) is 0 Å². The summed E-state index contributed by atoms with van der Waals surface area (Å²) in [6.07, 6.45) is 9.97. The summed E-state index contributed by atoms with van der Waals surface area (Å²) in [5.74, 6) is -2.74. The van der Waals surface area contributed by atoms with Crippen LogP contribution in [0, 0.1) is 23.2 Å². The molecule has 12 heteroatoms. The van der Waals surface area contributed by atoms with E-state index in [0.717, 1.165) is 33.9 Å². The zero-order valence-corrected chi connectivity index (χ0v) is 30.9. The van der Waals surface area contributed by atoms with Crippen LogP contribution in [0.1, 0.15) is 62.5 Å². The van der Waals surface area contributed by atoms with Crippen molar-refractivity contribution < 1.29 is 43.3 Å². The van der Waals surface area contributed by atoms with Crippen molar-refractivity contribution >= 4 is 45.9 Å². The second-order valence-corrected chi connectivity index (χ2v) is 15.3. The third-order valence-corrected chi connectivity index (χ3v) is 12.2. The number of carbonyl (C=O) groups excluding carboxylic acids is 5. The summed E-state index contributed by atoms with van der Waals surface area (Å²) in [4.78, 5) is 68.0. The van der Waals surface area contributed by atoms with Crippen molar-refractivity contribution in [2.24, 2.45) is 28.9 Å². The second kappa shape index (κ2) is 16.0. The Kier molecular flexibility index (Phi) is 11.1. The van der Waals surface area contributed by atoms with Gasteiger partial charge in [-0.2, -0.15) is 0 Å². The van der Waals surface area contributed by atoms with E-state index in [1.807, 2.05) is 54.6 Å². The predicted molar refractivity (Wildman–Crippen MR) is 202 cm³/mol. The van der Waals surface area contributed by atoms with Crippen LogP contribution < -0.4 is 11.1 Å². The molecule has 2 saturated carbocycles. The Morgan fingerprint density at radius 3 is 2.60 bits per heavy atom. The molecule has 1 aliphatic heterocycles. The Labute approximate surface area is 319 Å². The number of aliphatic hydroxyl groups is 1. The zero-order valence-electron chi connectivity index (χ0n) is 30.9. The number of hydrogen-bond acceptors (Lipinski definition) is 11. The van der Waals surface area contributed by atoms with Gasteiger partial charge in [0.15, 0.2) is 12.4 Å². The number of carbonyl (C=O) groups is 5. The highest BCUT2D eigenvalue weighted by atomic mass is 16.5. The van der Waals surface area contributed by atoms with Crippen LogP contribution in [0.4, 0.5) is 5.69 Å². The van der Waals surface area contributed by atoms with E-state index >= 15 is 0 Å². The van der Waals surface area contributed by atoms with Gasteiger partial charge in [-0.25, -0.2) is 0 Å². The first-order valence-corrected chi connectivity index (χ1v) is 19.0. The molecule has 4 aliphatic rings. The summed E-state index contributed by atoms with van der Waals surface area (Å²) in [6.45, 7) is 2.15. The second-order valence-electron chi connectivity index (χ2n) is 15.3. The van der Waals surface area contributed by atoms with Gasteiger partial charge in [0, 0.05) is 66.7 Å². The minimum Gasteiger partial charge on any atom is -0.465 e. The van der Waals surface area contributed by atoms with Gasteiger partial charge < -0.3 is 30.4 Å². The first-order chi connectivity index (χ1) is 26.5. The van der Waals surface area contributed by atoms with Crippen molar-refractivity contribution in [1.82, 2.24) is 4.98 Å². The molecule has 0 spiro atoms. The van der Waals surface area contributed by atoms with Crippen LogP contribution in [0.2, 0.25) is 0 Å².